The van der Waals surface area contributed by atoms with Crippen molar-refractivity contribution in [3.8, 4) is 0 Å². The van der Waals surface area contributed by atoms with E-state index in [1.165, 1.54) is 0 Å². The Morgan fingerprint density at radius 1 is 1.29 bits per heavy atom. The number of urea groups is 1. The summed E-state index contributed by atoms with van der Waals surface area (Å²) in [4.78, 5) is 28.7. The number of hydrogen-bond acceptors (Lipinski definition) is 5. The molecule has 0 spiro atoms. The highest BCUT2D eigenvalue weighted by atomic mass is 16.2. The van der Waals surface area contributed by atoms with Crippen LogP contribution < -0.4 is 10.2 Å². The van der Waals surface area contributed by atoms with E-state index in [0.717, 1.165) is 48.5 Å². The molecule has 2 atom stereocenters. The molecule has 3 aromatic rings. The number of aromatic amines is 2. The second-order valence-corrected chi connectivity index (χ2v) is 7.96. The first-order valence-electron chi connectivity index (χ1n) is 9.67. The molecule has 1 aliphatic heterocycles. The summed E-state index contributed by atoms with van der Waals surface area (Å²) in [6.07, 6.45) is 5.66. The van der Waals surface area contributed by atoms with Gasteiger partial charge < -0.3 is 14.8 Å². The molecule has 3 aromatic heterocycles. The molecule has 1 saturated carbocycles. The maximum atomic E-state index is 12.5. The first-order valence-corrected chi connectivity index (χ1v) is 9.67. The summed E-state index contributed by atoms with van der Waals surface area (Å²) in [6, 6.07) is 4.24. The Bertz CT molecular complexity index is 996. The number of hydrogen-bond donors (Lipinski definition) is 3. The maximum absolute atomic E-state index is 12.5. The van der Waals surface area contributed by atoms with Gasteiger partial charge in [-0.3, -0.25) is 10.4 Å². The lowest BCUT2D eigenvalue weighted by molar-refractivity contribution is 0.218. The first-order chi connectivity index (χ1) is 13.6. The third-order valence-electron chi connectivity index (χ3n) is 6.17. The van der Waals surface area contributed by atoms with E-state index in [1.54, 1.807) is 6.33 Å². The van der Waals surface area contributed by atoms with E-state index in [1.807, 2.05) is 30.2 Å². The average molecular weight is 380 g/mol. The number of aryl methyl sites for hydroxylation is 1. The van der Waals surface area contributed by atoms with Crippen molar-refractivity contribution in [2.24, 2.45) is 11.8 Å². The number of carbonyl (C=O) groups excluding carboxylic acids is 1. The molecular weight excluding hydrogens is 356 g/mol. The van der Waals surface area contributed by atoms with Gasteiger partial charge in [-0.2, -0.15) is 5.10 Å². The molecule has 0 bridgehead atoms. The third-order valence-corrected chi connectivity index (χ3v) is 6.17. The van der Waals surface area contributed by atoms with E-state index < -0.39 is 0 Å². The van der Waals surface area contributed by atoms with Crippen LogP contribution in [0.3, 0.4) is 0 Å². The van der Waals surface area contributed by atoms with E-state index in [0.29, 0.717) is 23.7 Å². The van der Waals surface area contributed by atoms with Crippen molar-refractivity contribution in [2.45, 2.75) is 25.8 Å². The Morgan fingerprint density at radius 2 is 2.07 bits per heavy atom. The van der Waals surface area contributed by atoms with Crippen LogP contribution in [0, 0.1) is 18.8 Å². The highest BCUT2D eigenvalue weighted by molar-refractivity contribution is 5.89. The minimum absolute atomic E-state index is 0.0596. The van der Waals surface area contributed by atoms with Gasteiger partial charge in [0.25, 0.3) is 0 Å². The van der Waals surface area contributed by atoms with Crippen molar-refractivity contribution in [3.05, 3.63) is 30.4 Å². The summed E-state index contributed by atoms with van der Waals surface area (Å²) in [5.74, 6) is 2.61. The number of amides is 2. The highest BCUT2D eigenvalue weighted by Gasteiger charge is 2.44. The molecule has 4 heterocycles. The molecule has 2 fully saturated rings. The van der Waals surface area contributed by atoms with Crippen molar-refractivity contribution in [3.63, 3.8) is 0 Å². The summed E-state index contributed by atoms with van der Waals surface area (Å²) in [6.45, 7) is 3.51. The van der Waals surface area contributed by atoms with Gasteiger partial charge in [-0.1, -0.05) is 0 Å². The van der Waals surface area contributed by atoms with Gasteiger partial charge in [-0.25, -0.2) is 14.8 Å². The molecule has 0 radical (unpaired) electrons. The van der Waals surface area contributed by atoms with Crippen LogP contribution in [-0.4, -0.2) is 62.3 Å². The molecular formula is C19H24N8O. The first kappa shape index (κ1) is 17.0. The molecule has 5 rings (SSSR count). The molecule has 0 aromatic carbocycles. The fourth-order valence-electron chi connectivity index (χ4n) is 4.73. The number of aromatic nitrogens is 5. The molecule has 9 heteroatoms. The van der Waals surface area contributed by atoms with Crippen molar-refractivity contribution in [1.82, 2.24) is 30.0 Å². The zero-order chi connectivity index (χ0) is 19.3. The van der Waals surface area contributed by atoms with Gasteiger partial charge in [-0.05, 0) is 37.7 Å². The SMILES string of the molecule is Cc1cc(NC(=O)N2CC3CC(N(C)c4ncnc5[nH]ccc45)CC3C2)n[nH]1. The predicted molar refractivity (Wildman–Crippen MR) is 106 cm³/mol. The summed E-state index contributed by atoms with van der Waals surface area (Å²) < 4.78 is 0. The topological polar surface area (TPSA) is 106 Å². The van der Waals surface area contributed by atoms with E-state index in [-0.39, 0.29) is 6.03 Å². The second kappa shape index (κ2) is 6.50. The monoisotopic (exact) mass is 380 g/mol. The van der Waals surface area contributed by atoms with Crippen LogP contribution in [0.25, 0.3) is 11.0 Å². The van der Waals surface area contributed by atoms with Crippen molar-refractivity contribution in [1.29, 1.82) is 0 Å². The van der Waals surface area contributed by atoms with Crippen LogP contribution in [0.5, 0.6) is 0 Å². The van der Waals surface area contributed by atoms with Crippen LogP contribution in [-0.2, 0) is 0 Å². The van der Waals surface area contributed by atoms with Crippen molar-refractivity contribution >= 4 is 28.7 Å². The van der Waals surface area contributed by atoms with Crippen LogP contribution >= 0.6 is 0 Å². The van der Waals surface area contributed by atoms with Gasteiger partial charge in [0.2, 0.25) is 0 Å². The Kier molecular flexibility index (Phi) is 3.96. The Balaban J connectivity index is 1.23. The van der Waals surface area contributed by atoms with Gasteiger partial charge in [0.05, 0.1) is 5.39 Å². The number of carbonyl (C=O) groups is 1. The van der Waals surface area contributed by atoms with E-state index >= 15 is 0 Å². The normalized spacial score (nSPS) is 23.9. The van der Waals surface area contributed by atoms with E-state index in [4.69, 9.17) is 0 Å². The number of rotatable bonds is 3. The van der Waals surface area contributed by atoms with Gasteiger partial charge in [-0.15, -0.1) is 0 Å². The summed E-state index contributed by atoms with van der Waals surface area (Å²) >= 11 is 0. The van der Waals surface area contributed by atoms with Crippen molar-refractivity contribution < 1.29 is 4.79 Å². The molecule has 1 saturated heterocycles. The minimum Gasteiger partial charge on any atom is -0.356 e. The van der Waals surface area contributed by atoms with E-state index in [9.17, 15) is 4.79 Å². The third kappa shape index (κ3) is 2.87. The molecule has 146 valence electrons. The second-order valence-electron chi connectivity index (χ2n) is 7.96. The Hall–Kier alpha value is -3.10. The van der Waals surface area contributed by atoms with Gasteiger partial charge in [0.15, 0.2) is 5.82 Å². The van der Waals surface area contributed by atoms with E-state index in [2.05, 4.69) is 42.4 Å². The van der Waals surface area contributed by atoms with Crippen LogP contribution in [0.2, 0.25) is 0 Å². The fraction of sp³-hybridized carbons (Fsp3) is 0.474. The van der Waals surface area contributed by atoms with Crippen LogP contribution in [0.1, 0.15) is 18.5 Å². The molecule has 2 amide bonds. The highest BCUT2D eigenvalue weighted by Crippen LogP contribution is 2.41. The summed E-state index contributed by atoms with van der Waals surface area (Å²) in [7, 11) is 2.12. The number of nitrogens with zero attached hydrogens (tertiary/aromatic N) is 5. The number of nitrogens with one attached hydrogen (secondary N) is 3. The number of fused-ring (bicyclic) bond motifs is 2. The quantitative estimate of drug-likeness (QED) is 0.647. The fourth-order valence-corrected chi connectivity index (χ4v) is 4.73. The molecule has 9 nitrogen and oxygen atoms in total. The van der Waals surface area contributed by atoms with Crippen LogP contribution in [0.15, 0.2) is 24.7 Å². The standard InChI is InChI=1S/C19H24N8O/c1-11-5-16(25-24-11)23-19(28)27-8-12-6-14(7-13(12)9-27)26(2)18-15-3-4-20-17(15)21-10-22-18/h3-5,10,12-14H,6-9H2,1-2H3,(H,20,21,22)(H2,23,24,25,28). The molecule has 2 aliphatic rings. The lowest BCUT2D eigenvalue weighted by Crippen LogP contribution is -2.36. The average Bonchev–Trinajstić information content (AvgIpc) is 3.43. The number of anilines is 2. The molecule has 1 aliphatic carbocycles. The number of likely N-dealkylation sites (tertiary alicyclic amines) is 1. The molecule has 28 heavy (non-hydrogen) atoms. The largest absolute Gasteiger partial charge is 0.356 e. The minimum atomic E-state index is -0.0596. The Labute approximate surface area is 162 Å². The predicted octanol–water partition coefficient (Wildman–Crippen LogP) is 2.37. The van der Waals surface area contributed by atoms with Gasteiger partial charge >= 0.3 is 6.03 Å². The van der Waals surface area contributed by atoms with Crippen molar-refractivity contribution in [2.75, 3.05) is 30.4 Å². The van der Waals surface area contributed by atoms with Gasteiger partial charge in [0, 0.05) is 44.1 Å². The lowest BCUT2D eigenvalue weighted by atomic mass is 10.0. The smallest absolute Gasteiger partial charge is 0.323 e. The van der Waals surface area contributed by atoms with Crippen LogP contribution in [0.4, 0.5) is 16.4 Å². The zero-order valence-corrected chi connectivity index (χ0v) is 16.0. The Morgan fingerprint density at radius 3 is 2.79 bits per heavy atom. The zero-order valence-electron chi connectivity index (χ0n) is 16.0. The maximum Gasteiger partial charge on any atom is 0.323 e. The molecule has 3 N–H and O–H groups in total. The summed E-state index contributed by atoms with van der Waals surface area (Å²) in [5, 5.41) is 10.9. The summed E-state index contributed by atoms with van der Waals surface area (Å²) in [5.41, 5.74) is 1.80. The molecule has 2 unspecified atom stereocenters. The number of H-pyrrole nitrogens is 2. The lowest BCUT2D eigenvalue weighted by Gasteiger charge is -2.28. The van der Waals surface area contributed by atoms with Gasteiger partial charge in [0.1, 0.15) is 17.8 Å².